The lowest BCUT2D eigenvalue weighted by Crippen LogP contribution is -2.01. The Balaban J connectivity index is 1.21. The molecule has 4 heterocycles. The molecule has 0 aliphatic heterocycles. The zero-order chi connectivity index (χ0) is 34.2. The Kier molecular flexibility index (Phi) is 6.15. The minimum atomic E-state index is 0.549. The van der Waals surface area contributed by atoms with E-state index in [9.17, 15) is 0 Å². The first-order valence-electron chi connectivity index (χ1n) is 17.3. The SMILES string of the molecule is c1ccc(-n2c3ccccc3c3c(-c4nc(-c5ccc6ccccc6c5)nc(-c5cccc6c5oc5ccc7cnccc7c56)n4)cccc32)cc1. The summed E-state index contributed by atoms with van der Waals surface area (Å²) in [7, 11) is 0. The van der Waals surface area contributed by atoms with Crippen molar-refractivity contribution in [2.75, 3.05) is 0 Å². The summed E-state index contributed by atoms with van der Waals surface area (Å²) in [4.78, 5) is 20.1. The topological polar surface area (TPSA) is 69.6 Å². The first-order chi connectivity index (χ1) is 25.8. The second-order valence-corrected chi connectivity index (χ2v) is 13.1. The molecule has 0 atom stereocenters. The van der Waals surface area contributed by atoms with Crippen molar-refractivity contribution in [1.82, 2.24) is 24.5 Å². The van der Waals surface area contributed by atoms with Crippen molar-refractivity contribution in [3.63, 3.8) is 0 Å². The molecular weight excluding hydrogens is 639 g/mol. The Morgan fingerprint density at radius 1 is 0.462 bits per heavy atom. The molecule has 6 nitrogen and oxygen atoms in total. The van der Waals surface area contributed by atoms with Gasteiger partial charge in [-0.25, -0.2) is 15.0 Å². The van der Waals surface area contributed by atoms with Crippen LogP contribution in [0.5, 0.6) is 0 Å². The van der Waals surface area contributed by atoms with Gasteiger partial charge in [-0.2, -0.15) is 0 Å². The summed E-state index contributed by atoms with van der Waals surface area (Å²) in [6.07, 6.45) is 3.72. The highest BCUT2D eigenvalue weighted by Crippen LogP contribution is 2.41. The molecule has 0 aliphatic rings. The molecule has 0 saturated carbocycles. The van der Waals surface area contributed by atoms with Crippen LogP contribution in [-0.2, 0) is 0 Å². The minimum Gasteiger partial charge on any atom is -0.455 e. The number of hydrogen-bond donors (Lipinski definition) is 0. The van der Waals surface area contributed by atoms with Gasteiger partial charge in [0.2, 0.25) is 0 Å². The van der Waals surface area contributed by atoms with Gasteiger partial charge in [0.25, 0.3) is 0 Å². The maximum Gasteiger partial charge on any atom is 0.167 e. The van der Waals surface area contributed by atoms with Crippen molar-refractivity contribution in [2.24, 2.45) is 0 Å². The highest BCUT2D eigenvalue weighted by molar-refractivity contribution is 6.20. The second-order valence-electron chi connectivity index (χ2n) is 13.1. The Bertz CT molecular complexity index is 3200. The summed E-state index contributed by atoms with van der Waals surface area (Å²) in [5, 5.41) is 8.72. The number of pyridine rings is 1. The second kappa shape index (κ2) is 11.2. The van der Waals surface area contributed by atoms with Crippen LogP contribution < -0.4 is 0 Å². The molecule has 0 N–H and O–H groups in total. The standard InChI is InChI=1S/C46H27N5O/c1-2-12-32(13-3-1)51-38-18-7-6-14-34(38)41-36(16-9-19-39(41)51)45-48-44(30-21-20-28-10-4-5-11-29(28)26-30)49-46(50-45)37-17-8-15-35-42-33-24-25-47-27-31(33)22-23-40(42)52-43(35)37/h1-27H. The summed E-state index contributed by atoms with van der Waals surface area (Å²) in [5.74, 6) is 1.74. The van der Waals surface area contributed by atoms with Crippen LogP contribution in [0.1, 0.15) is 0 Å². The molecule has 4 aromatic heterocycles. The first-order valence-corrected chi connectivity index (χ1v) is 17.3. The average Bonchev–Trinajstić information content (AvgIpc) is 3.77. The number of para-hydroxylation sites is 3. The zero-order valence-electron chi connectivity index (χ0n) is 27.7. The molecule has 0 saturated heterocycles. The van der Waals surface area contributed by atoms with E-state index in [1.165, 1.54) is 0 Å². The van der Waals surface area contributed by atoms with Crippen LogP contribution in [0.2, 0.25) is 0 Å². The molecule has 7 aromatic carbocycles. The van der Waals surface area contributed by atoms with Gasteiger partial charge in [0.15, 0.2) is 17.5 Å². The number of nitrogens with zero attached hydrogens (tertiary/aromatic N) is 5. The fourth-order valence-corrected chi connectivity index (χ4v) is 7.78. The van der Waals surface area contributed by atoms with E-state index < -0.39 is 0 Å². The van der Waals surface area contributed by atoms with E-state index in [2.05, 4.69) is 137 Å². The monoisotopic (exact) mass is 665 g/mol. The summed E-state index contributed by atoms with van der Waals surface area (Å²) in [5.41, 5.74) is 7.50. The van der Waals surface area contributed by atoms with Gasteiger partial charge in [-0.05, 0) is 70.8 Å². The van der Waals surface area contributed by atoms with E-state index in [1.54, 1.807) is 0 Å². The molecule has 242 valence electrons. The average molecular weight is 666 g/mol. The molecular formula is C46H27N5O. The summed E-state index contributed by atoms with van der Waals surface area (Å²) < 4.78 is 8.97. The Hall–Kier alpha value is -7.18. The summed E-state index contributed by atoms with van der Waals surface area (Å²) in [6, 6.07) is 52.5. The zero-order valence-corrected chi connectivity index (χ0v) is 27.7. The van der Waals surface area contributed by atoms with Crippen LogP contribution in [0.15, 0.2) is 168 Å². The van der Waals surface area contributed by atoms with Gasteiger partial charge >= 0.3 is 0 Å². The quantitative estimate of drug-likeness (QED) is 0.187. The summed E-state index contributed by atoms with van der Waals surface area (Å²) in [6.45, 7) is 0. The Morgan fingerprint density at radius 2 is 1.17 bits per heavy atom. The number of rotatable bonds is 4. The van der Waals surface area contributed by atoms with Gasteiger partial charge < -0.3 is 8.98 Å². The van der Waals surface area contributed by atoms with E-state index in [-0.39, 0.29) is 0 Å². The van der Waals surface area contributed by atoms with Crippen molar-refractivity contribution >= 4 is 65.3 Å². The lowest BCUT2D eigenvalue weighted by molar-refractivity contribution is 0.670. The molecule has 52 heavy (non-hydrogen) atoms. The van der Waals surface area contributed by atoms with Gasteiger partial charge in [0.1, 0.15) is 11.2 Å². The predicted molar refractivity (Wildman–Crippen MR) is 211 cm³/mol. The maximum absolute atomic E-state index is 6.65. The third kappa shape index (κ3) is 4.31. The third-order valence-electron chi connectivity index (χ3n) is 10.1. The molecule has 11 aromatic rings. The molecule has 6 heteroatoms. The number of aromatic nitrogens is 5. The van der Waals surface area contributed by atoms with Crippen LogP contribution >= 0.6 is 0 Å². The Labute approximate surface area is 297 Å². The van der Waals surface area contributed by atoms with Gasteiger partial charge in [-0.15, -0.1) is 0 Å². The highest BCUT2D eigenvalue weighted by Gasteiger charge is 2.22. The molecule has 0 bridgehead atoms. The number of furan rings is 1. The van der Waals surface area contributed by atoms with E-state index in [0.29, 0.717) is 17.5 Å². The van der Waals surface area contributed by atoms with Crippen LogP contribution in [0.25, 0.3) is 105 Å². The van der Waals surface area contributed by atoms with Crippen LogP contribution in [0.4, 0.5) is 0 Å². The van der Waals surface area contributed by atoms with E-state index in [0.717, 1.165) is 87.7 Å². The minimum absolute atomic E-state index is 0.549. The van der Waals surface area contributed by atoms with Crippen molar-refractivity contribution in [2.45, 2.75) is 0 Å². The van der Waals surface area contributed by atoms with Crippen molar-refractivity contribution in [3.8, 4) is 39.9 Å². The lowest BCUT2D eigenvalue weighted by atomic mass is 10.0. The fourth-order valence-electron chi connectivity index (χ4n) is 7.78. The van der Waals surface area contributed by atoms with Crippen molar-refractivity contribution < 1.29 is 4.42 Å². The molecule has 0 radical (unpaired) electrons. The normalized spacial score (nSPS) is 11.8. The highest BCUT2D eigenvalue weighted by atomic mass is 16.3. The number of hydrogen-bond acceptors (Lipinski definition) is 5. The molecule has 0 unspecified atom stereocenters. The molecule has 0 fully saturated rings. The molecule has 0 spiro atoms. The molecule has 0 amide bonds. The van der Waals surface area contributed by atoms with Gasteiger partial charge in [-0.3, -0.25) is 4.98 Å². The van der Waals surface area contributed by atoms with Gasteiger partial charge in [-0.1, -0.05) is 97.1 Å². The van der Waals surface area contributed by atoms with Crippen molar-refractivity contribution in [3.05, 3.63) is 164 Å². The van der Waals surface area contributed by atoms with E-state index in [4.69, 9.17) is 19.4 Å². The van der Waals surface area contributed by atoms with Crippen LogP contribution in [0.3, 0.4) is 0 Å². The fraction of sp³-hybridized carbons (Fsp3) is 0. The third-order valence-corrected chi connectivity index (χ3v) is 10.1. The first kappa shape index (κ1) is 28.6. The summed E-state index contributed by atoms with van der Waals surface area (Å²) >= 11 is 0. The largest absolute Gasteiger partial charge is 0.455 e. The molecule has 11 rings (SSSR count). The maximum atomic E-state index is 6.65. The lowest BCUT2D eigenvalue weighted by Gasteiger charge is -2.11. The molecule has 0 aliphatic carbocycles. The van der Waals surface area contributed by atoms with Gasteiger partial charge in [0, 0.05) is 56.1 Å². The number of fused-ring (bicyclic) bond motifs is 9. The van der Waals surface area contributed by atoms with Crippen LogP contribution in [-0.4, -0.2) is 24.5 Å². The van der Waals surface area contributed by atoms with E-state index in [1.807, 2.05) is 36.7 Å². The van der Waals surface area contributed by atoms with E-state index >= 15 is 0 Å². The van der Waals surface area contributed by atoms with Crippen molar-refractivity contribution in [1.29, 1.82) is 0 Å². The predicted octanol–water partition coefficient (Wildman–Crippen LogP) is 11.6. The Morgan fingerprint density at radius 3 is 2.10 bits per heavy atom. The van der Waals surface area contributed by atoms with Gasteiger partial charge in [0.05, 0.1) is 16.6 Å². The number of benzene rings is 7. The van der Waals surface area contributed by atoms with Crippen LogP contribution in [0, 0.1) is 0 Å². The smallest absolute Gasteiger partial charge is 0.167 e.